The smallest absolute Gasteiger partial charge is 0.0954 e. The standard InChI is InChI=1S/C10H15NS/c1-7(2)5-11-10-9(4)8(3)6-12-10/h5-6,11H,1-4H3. The summed E-state index contributed by atoms with van der Waals surface area (Å²) >= 11 is 1.76. The highest BCUT2D eigenvalue weighted by atomic mass is 32.1. The van der Waals surface area contributed by atoms with Crippen LogP contribution in [0.25, 0.3) is 0 Å². The van der Waals surface area contributed by atoms with Gasteiger partial charge in [-0.05, 0) is 44.2 Å². The molecular formula is C10H15NS. The van der Waals surface area contributed by atoms with E-state index in [1.54, 1.807) is 11.3 Å². The first-order valence-electron chi connectivity index (χ1n) is 4.06. The minimum atomic E-state index is 1.26. The zero-order valence-electron chi connectivity index (χ0n) is 8.06. The van der Waals surface area contributed by atoms with Crippen LogP contribution in [0.1, 0.15) is 25.0 Å². The van der Waals surface area contributed by atoms with Gasteiger partial charge < -0.3 is 5.32 Å². The Balaban J connectivity index is 2.77. The monoisotopic (exact) mass is 181 g/mol. The summed E-state index contributed by atoms with van der Waals surface area (Å²) in [5.41, 5.74) is 4.02. The van der Waals surface area contributed by atoms with Gasteiger partial charge in [0.25, 0.3) is 0 Å². The van der Waals surface area contributed by atoms with Crippen molar-refractivity contribution in [1.82, 2.24) is 0 Å². The Morgan fingerprint density at radius 3 is 2.50 bits per heavy atom. The van der Waals surface area contributed by atoms with Crippen molar-refractivity contribution < 1.29 is 0 Å². The van der Waals surface area contributed by atoms with Crippen LogP contribution in [0.5, 0.6) is 0 Å². The Bertz CT molecular complexity index is 293. The molecule has 0 radical (unpaired) electrons. The number of hydrogen-bond acceptors (Lipinski definition) is 2. The maximum atomic E-state index is 3.29. The quantitative estimate of drug-likeness (QED) is 0.733. The number of rotatable bonds is 2. The predicted molar refractivity (Wildman–Crippen MR) is 56.8 cm³/mol. The van der Waals surface area contributed by atoms with Crippen molar-refractivity contribution in [2.45, 2.75) is 27.7 Å². The zero-order chi connectivity index (χ0) is 9.14. The van der Waals surface area contributed by atoms with Crippen LogP contribution in [-0.2, 0) is 0 Å². The van der Waals surface area contributed by atoms with E-state index in [0.29, 0.717) is 0 Å². The maximum absolute atomic E-state index is 3.29. The van der Waals surface area contributed by atoms with Gasteiger partial charge in [-0.2, -0.15) is 0 Å². The lowest BCUT2D eigenvalue weighted by molar-refractivity contribution is 1.35. The Labute approximate surface area is 78.1 Å². The van der Waals surface area contributed by atoms with Crippen molar-refractivity contribution in [3.63, 3.8) is 0 Å². The fourth-order valence-electron chi connectivity index (χ4n) is 0.855. The molecule has 12 heavy (non-hydrogen) atoms. The van der Waals surface area contributed by atoms with Gasteiger partial charge in [-0.15, -0.1) is 11.3 Å². The zero-order valence-corrected chi connectivity index (χ0v) is 8.88. The fraction of sp³-hybridized carbons (Fsp3) is 0.400. The Kier molecular flexibility index (Phi) is 2.93. The lowest BCUT2D eigenvalue weighted by atomic mass is 10.2. The Morgan fingerprint density at radius 1 is 1.42 bits per heavy atom. The summed E-state index contributed by atoms with van der Waals surface area (Å²) in [4.78, 5) is 0. The molecule has 0 spiro atoms. The molecule has 1 N–H and O–H groups in total. The average molecular weight is 181 g/mol. The Hall–Kier alpha value is -0.760. The molecule has 66 valence electrons. The van der Waals surface area contributed by atoms with Crippen molar-refractivity contribution in [2.75, 3.05) is 5.32 Å². The van der Waals surface area contributed by atoms with Crippen molar-refractivity contribution in [3.8, 4) is 0 Å². The van der Waals surface area contributed by atoms with E-state index in [1.807, 2.05) is 6.20 Å². The number of nitrogens with one attached hydrogen (secondary N) is 1. The minimum Gasteiger partial charge on any atom is -0.353 e. The molecule has 0 bridgehead atoms. The van der Waals surface area contributed by atoms with Gasteiger partial charge in [0.2, 0.25) is 0 Å². The van der Waals surface area contributed by atoms with Gasteiger partial charge >= 0.3 is 0 Å². The van der Waals surface area contributed by atoms with E-state index in [2.05, 4.69) is 38.4 Å². The molecule has 0 amide bonds. The second kappa shape index (κ2) is 3.76. The molecule has 1 nitrogen and oxygen atoms in total. The van der Waals surface area contributed by atoms with Gasteiger partial charge in [0.15, 0.2) is 0 Å². The van der Waals surface area contributed by atoms with Crippen molar-refractivity contribution in [3.05, 3.63) is 28.3 Å². The highest BCUT2D eigenvalue weighted by Gasteiger charge is 2.00. The lowest BCUT2D eigenvalue weighted by Crippen LogP contribution is -1.87. The second-order valence-corrected chi connectivity index (χ2v) is 4.12. The van der Waals surface area contributed by atoms with Gasteiger partial charge in [0, 0.05) is 6.20 Å². The molecular weight excluding hydrogens is 166 g/mol. The molecule has 2 heteroatoms. The molecule has 1 aromatic heterocycles. The van der Waals surface area contributed by atoms with E-state index < -0.39 is 0 Å². The highest BCUT2D eigenvalue weighted by molar-refractivity contribution is 7.14. The predicted octanol–water partition coefficient (Wildman–Crippen LogP) is 3.70. The largest absolute Gasteiger partial charge is 0.353 e. The summed E-state index contributed by atoms with van der Waals surface area (Å²) < 4.78 is 0. The number of hydrogen-bond donors (Lipinski definition) is 1. The SMILES string of the molecule is CC(C)=CNc1scc(C)c1C. The summed E-state index contributed by atoms with van der Waals surface area (Å²) in [6, 6.07) is 0. The average Bonchev–Trinajstić information content (AvgIpc) is 2.30. The Morgan fingerprint density at radius 2 is 2.08 bits per heavy atom. The first kappa shape index (κ1) is 9.33. The van der Waals surface area contributed by atoms with Crippen LogP contribution >= 0.6 is 11.3 Å². The molecule has 0 atom stereocenters. The van der Waals surface area contributed by atoms with Gasteiger partial charge in [-0.3, -0.25) is 0 Å². The van der Waals surface area contributed by atoms with Gasteiger partial charge in [0.05, 0.1) is 5.00 Å². The van der Waals surface area contributed by atoms with Crippen molar-refractivity contribution in [2.24, 2.45) is 0 Å². The van der Waals surface area contributed by atoms with Crippen LogP contribution in [-0.4, -0.2) is 0 Å². The molecule has 1 aromatic rings. The van der Waals surface area contributed by atoms with E-state index in [-0.39, 0.29) is 0 Å². The normalized spacial score (nSPS) is 9.67. The van der Waals surface area contributed by atoms with E-state index in [1.165, 1.54) is 21.7 Å². The van der Waals surface area contributed by atoms with Crippen LogP contribution in [0.15, 0.2) is 17.2 Å². The van der Waals surface area contributed by atoms with E-state index in [4.69, 9.17) is 0 Å². The van der Waals surface area contributed by atoms with Gasteiger partial charge in [0.1, 0.15) is 0 Å². The number of thiophene rings is 1. The third kappa shape index (κ3) is 2.11. The van der Waals surface area contributed by atoms with Crippen LogP contribution in [0, 0.1) is 13.8 Å². The molecule has 0 aliphatic rings. The molecule has 0 aliphatic carbocycles. The molecule has 0 unspecified atom stereocenters. The van der Waals surface area contributed by atoms with Crippen molar-refractivity contribution >= 4 is 16.3 Å². The van der Waals surface area contributed by atoms with Gasteiger partial charge in [-0.1, -0.05) is 5.57 Å². The molecule has 0 aromatic carbocycles. The molecule has 1 heterocycles. The van der Waals surface area contributed by atoms with Crippen molar-refractivity contribution in [1.29, 1.82) is 0 Å². The van der Waals surface area contributed by atoms with E-state index in [0.717, 1.165) is 0 Å². The number of allylic oxidation sites excluding steroid dienone is 1. The summed E-state index contributed by atoms with van der Waals surface area (Å²) in [5.74, 6) is 0. The van der Waals surface area contributed by atoms with E-state index >= 15 is 0 Å². The maximum Gasteiger partial charge on any atom is 0.0954 e. The summed E-state index contributed by atoms with van der Waals surface area (Å²) in [7, 11) is 0. The molecule has 0 fully saturated rings. The fourth-order valence-corrected chi connectivity index (χ4v) is 1.79. The van der Waals surface area contributed by atoms with Gasteiger partial charge in [-0.25, -0.2) is 0 Å². The summed E-state index contributed by atoms with van der Waals surface area (Å²) in [5, 5.41) is 6.72. The third-order valence-corrected chi connectivity index (χ3v) is 2.91. The van der Waals surface area contributed by atoms with Crippen LogP contribution in [0.2, 0.25) is 0 Å². The molecule has 0 saturated heterocycles. The topological polar surface area (TPSA) is 12.0 Å². The lowest BCUT2D eigenvalue weighted by Gasteiger charge is -1.99. The first-order chi connectivity index (χ1) is 5.61. The number of aryl methyl sites for hydroxylation is 1. The molecule has 0 saturated carbocycles. The second-order valence-electron chi connectivity index (χ2n) is 3.24. The first-order valence-corrected chi connectivity index (χ1v) is 4.94. The molecule has 0 aliphatic heterocycles. The molecule has 1 rings (SSSR count). The number of anilines is 1. The van der Waals surface area contributed by atoms with Crippen LogP contribution < -0.4 is 5.32 Å². The van der Waals surface area contributed by atoms with Crippen LogP contribution in [0.3, 0.4) is 0 Å². The minimum absolute atomic E-state index is 1.26. The summed E-state index contributed by atoms with van der Waals surface area (Å²) in [6.07, 6.45) is 2.04. The highest BCUT2D eigenvalue weighted by Crippen LogP contribution is 2.26. The summed E-state index contributed by atoms with van der Waals surface area (Å²) in [6.45, 7) is 8.46. The third-order valence-electron chi connectivity index (χ3n) is 1.78. The van der Waals surface area contributed by atoms with Crippen LogP contribution in [0.4, 0.5) is 5.00 Å². The van der Waals surface area contributed by atoms with E-state index in [9.17, 15) is 0 Å².